The lowest BCUT2D eigenvalue weighted by Gasteiger charge is -2.29. The quantitative estimate of drug-likeness (QED) is 0.280. The first-order valence-electron chi connectivity index (χ1n) is 5.51. The maximum Gasteiger partial charge on any atom is 0.306 e. The molecule has 0 aromatic carbocycles. The molecule has 1 unspecified atom stereocenters. The summed E-state index contributed by atoms with van der Waals surface area (Å²) in [6, 6.07) is 0. The molecule has 0 heterocycles. The van der Waals surface area contributed by atoms with Gasteiger partial charge in [-0.3, -0.25) is 4.79 Å². The van der Waals surface area contributed by atoms with E-state index in [-0.39, 0.29) is 18.8 Å². The number of hydrogen-bond acceptors (Lipinski definition) is 6. The van der Waals surface area contributed by atoms with E-state index < -0.39 is 17.2 Å². The number of quaternary nitrogens is 1. The molecule has 19 heavy (non-hydrogen) atoms. The molecule has 0 rings (SSSR count). The minimum atomic E-state index is -1.50. The fourth-order valence-electron chi connectivity index (χ4n) is 1.21. The van der Waals surface area contributed by atoms with Crippen molar-refractivity contribution >= 4 is 11.9 Å². The Labute approximate surface area is 111 Å². The fourth-order valence-corrected chi connectivity index (χ4v) is 1.21. The van der Waals surface area contributed by atoms with Crippen molar-refractivity contribution in [2.45, 2.75) is 25.9 Å². The number of carbonyl (C=O) groups is 2. The average molecular weight is 280 g/mol. The summed E-state index contributed by atoms with van der Waals surface area (Å²) in [5.74, 6) is -1.58. The fraction of sp³-hybridized carbons (Fsp3) is 0.800. The molecule has 1 N–H and O–H groups in total. The molecular weight excluding hydrogens is 260 g/mol. The van der Waals surface area contributed by atoms with Gasteiger partial charge in [0.2, 0.25) is 0 Å². The van der Waals surface area contributed by atoms with Crippen molar-refractivity contribution in [3.05, 3.63) is 10.1 Å². The van der Waals surface area contributed by atoms with Gasteiger partial charge in [0.05, 0.1) is 21.1 Å². The van der Waals surface area contributed by atoms with Gasteiger partial charge in [0, 0.05) is 18.8 Å². The highest BCUT2D eigenvalue weighted by Crippen LogP contribution is 2.05. The number of carboxylic acids is 1. The lowest BCUT2D eigenvalue weighted by Crippen LogP contribution is -2.45. The van der Waals surface area contributed by atoms with Crippen LogP contribution in [0.4, 0.5) is 0 Å². The molecule has 1 atom stereocenters. The first-order chi connectivity index (χ1) is 8.47. The van der Waals surface area contributed by atoms with Crippen molar-refractivity contribution in [1.29, 1.82) is 0 Å². The predicted octanol–water partition coefficient (Wildman–Crippen LogP) is -1.19. The van der Waals surface area contributed by atoms with E-state index in [1.165, 1.54) is 0 Å². The lowest BCUT2D eigenvalue weighted by molar-refractivity contribution is -0.873. The van der Waals surface area contributed by atoms with Gasteiger partial charge >= 0.3 is 5.97 Å². The van der Waals surface area contributed by atoms with Crippen molar-refractivity contribution in [3.8, 4) is 0 Å². The van der Waals surface area contributed by atoms with E-state index in [2.05, 4.69) is 0 Å². The van der Waals surface area contributed by atoms with Crippen molar-refractivity contribution < 1.29 is 34.2 Å². The second-order valence-corrected chi connectivity index (χ2v) is 4.75. The Morgan fingerprint density at radius 3 is 2.05 bits per heavy atom. The summed E-state index contributed by atoms with van der Waals surface area (Å²) >= 11 is 0. The molecule has 0 saturated carbocycles. The number of rotatable bonds is 6. The van der Waals surface area contributed by atoms with Crippen LogP contribution in [0.3, 0.4) is 0 Å². The van der Waals surface area contributed by atoms with Crippen LogP contribution in [0.5, 0.6) is 0 Å². The van der Waals surface area contributed by atoms with E-state index in [1.54, 1.807) is 6.92 Å². The van der Waals surface area contributed by atoms with Crippen LogP contribution < -0.4 is 5.11 Å². The lowest BCUT2D eigenvalue weighted by atomic mass is 10.2. The summed E-state index contributed by atoms with van der Waals surface area (Å²) < 4.78 is 5.55. The SMILES string of the molecule is CCC(=O)OC(CC(=O)[O-])C[N+](C)(C)C.O=[N+]([O-])O. The maximum atomic E-state index is 11.0. The minimum Gasteiger partial charge on any atom is -0.550 e. The second kappa shape index (κ2) is 9.09. The molecule has 0 aromatic rings. The summed E-state index contributed by atoms with van der Waals surface area (Å²) in [7, 11) is 5.71. The highest BCUT2D eigenvalue weighted by molar-refractivity contribution is 5.70. The van der Waals surface area contributed by atoms with Crippen molar-refractivity contribution in [2.24, 2.45) is 0 Å². The number of hydrogen-bond donors (Lipinski definition) is 1. The highest BCUT2D eigenvalue weighted by atomic mass is 16.9. The second-order valence-electron chi connectivity index (χ2n) is 4.75. The Kier molecular flexibility index (Phi) is 9.30. The molecule has 0 aliphatic rings. The van der Waals surface area contributed by atoms with Crippen molar-refractivity contribution in [3.63, 3.8) is 0 Å². The van der Waals surface area contributed by atoms with E-state index in [4.69, 9.17) is 20.1 Å². The van der Waals surface area contributed by atoms with Crippen molar-refractivity contribution in [1.82, 2.24) is 0 Å². The summed E-state index contributed by atoms with van der Waals surface area (Å²) in [5.41, 5.74) is 0. The van der Waals surface area contributed by atoms with Crippen LogP contribution in [-0.2, 0) is 14.3 Å². The van der Waals surface area contributed by atoms with Crippen LogP contribution in [0.25, 0.3) is 0 Å². The van der Waals surface area contributed by atoms with Gasteiger partial charge in [-0.1, -0.05) is 6.92 Å². The van der Waals surface area contributed by atoms with Crippen molar-refractivity contribution in [2.75, 3.05) is 27.7 Å². The van der Waals surface area contributed by atoms with Crippen LogP contribution in [0.1, 0.15) is 19.8 Å². The molecule has 0 saturated heterocycles. The van der Waals surface area contributed by atoms with Gasteiger partial charge in [0.15, 0.2) is 6.10 Å². The third-order valence-electron chi connectivity index (χ3n) is 1.73. The van der Waals surface area contributed by atoms with E-state index in [9.17, 15) is 14.7 Å². The molecule has 9 heteroatoms. The van der Waals surface area contributed by atoms with Gasteiger partial charge < -0.3 is 24.3 Å². The number of nitrogens with zero attached hydrogens (tertiary/aromatic N) is 2. The van der Waals surface area contributed by atoms with Crippen LogP contribution in [0.15, 0.2) is 0 Å². The standard InChI is InChI=1S/C10H19NO4.HNO3/c1-5-10(14)15-8(6-9(12)13)7-11(2,3)4;2-1(3)4/h8H,5-7H2,1-4H3;(H,2,3,4). The topological polar surface area (TPSA) is 130 Å². The van der Waals surface area contributed by atoms with Gasteiger partial charge in [-0.25, -0.2) is 0 Å². The van der Waals surface area contributed by atoms with Crippen LogP contribution in [0, 0.1) is 10.1 Å². The summed E-state index contributed by atoms with van der Waals surface area (Å²) in [5, 5.41) is 24.1. The molecule has 0 bridgehead atoms. The molecule has 0 aromatic heterocycles. The molecule has 0 fully saturated rings. The van der Waals surface area contributed by atoms with E-state index >= 15 is 0 Å². The number of aliphatic carboxylic acids is 1. The zero-order chi connectivity index (χ0) is 15.6. The number of likely N-dealkylation sites (N-methyl/N-ethyl adjacent to an activating group) is 1. The van der Waals surface area contributed by atoms with E-state index in [0.29, 0.717) is 11.0 Å². The zero-order valence-electron chi connectivity index (χ0n) is 11.5. The number of carbonyl (C=O) groups excluding carboxylic acids is 2. The smallest absolute Gasteiger partial charge is 0.306 e. The van der Waals surface area contributed by atoms with Gasteiger partial charge in [0.1, 0.15) is 6.54 Å². The Hall–Kier alpha value is -1.90. The number of esters is 1. The predicted molar refractivity (Wildman–Crippen MR) is 61.5 cm³/mol. The summed E-state index contributed by atoms with van der Waals surface area (Å²) in [6.45, 7) is 2.13. The van der Waals surface area contributed by atoms with Gasteiger partial charge in [0.25, 0.3) is 5.09 Å². The Morgan fingerprint density at radius 2 is 1.79 bits per heavy atom. The summed E-state index contributed by atoms with van der Waals surface area (Å²) in [4.78, 5) is 29.9. The highest BCUT2D eigenvalue weighted by Gasteiger charge is 2.21. The first kappa shape index (κ1) is 19.4. The number of carboxylic acid groups (broad SMARTS) is 1. The molecule has 0 aliphatic heterocycles. The van der Waals surface area contributed by atoms with Crippen LogP contribution in [-0.4, -0.2) is 60.5 Å². The molecule has 0 spiro atoms. The van der Waals surface area contributed by atoms with E-state index in [0.717, 1.165) is 0 Å². The Morgan fingerprint density at radius 1 is 1.37 bits per heavy atom. The largest absolute Gasteiger partial charge is 0.550 e. The first-order valence-corrected chi connectivity index (χ1v) is 5.51. The molecule has 0 aliphatic carbocycles. The molecule has 0 radical (unpaired) electrons. The van der Waals surface area contributed by atoms with Gasteiger partial charge in [-0.15, -0.1) is 10.1 Å². The maximum absolute atomic E-state index is 11.0. The number of ether oxygens (including phenoxy) is 1. The average Bonchev–Trinajstić information content (AvgIpc) is 2.12. The Balaban J connectivity index is 0. The molecular formula is C10H20N2O7. The van der Waals surface area contributed by atoms with Crippen LogP contribution in [0.2, 0.25) is 0 Å². The normalized spacial score (nSPS) is 11.8. The minimum absolute atomic E-state index is 0.249. The molecule has 112 valence electrons. The Bertz CT molecular complexity index is 307. The summed E-state index contributed by atoms with van der Waals surface area (Å²) in [6.07, 6.45) is -0.607. The third kappa shape index (κ3) is 18.7. The monoisotopic (exact) mass is 280 g/mol. The van der Waals surface area contributed by atoms with Gasteiger partial charge in [-0.05, 0) is 0 Å². The van der Waals surface area contributed by atoms with Gasteiger partial charge in [-0.2, -0.15) is 0 Å². The molecule has 0 amide bonds. The molecule has 9 nitrogen and oxygen atoms in total. The van der Waals surface area contributed by atoms with E-state index in [1.807, 2.05) is 21.1 Å². The van der Waals surface area contributed by atoms with Crippen LogP contribution >= 0.6 is 0 Å². The third-order valence-corrected chi connectivity index (χ3v) is 1.73. The zero-order valence-corrected chi connectivity index (χ0v) is 11.5.